The maximum absolute atomic E-state index is 12.9. The Morgan fingerprint density at radius 3 is 2.46 bits per heavy atom. The van der Waals surface area contributed by atoms with E-state index in [1.165, 1.54) is 16.7 Å². The minimum atomic E-state index is -0.414. The van der Waals surface area contributed by atoms with Crippen LogP contribution in [0.25, 0.3) is 0 Å². The fraction of sp³-hybridized carbons (Fsp3) is 0.381. The molecule has 126 valence electrons. The van der Waals surface area contributed by atoms with Gasteiger partial charge in [-0.2, -0.15) is 0 Å². The van der Waals surface area contributed by atoms with E-state index in [0.717, 1.165) is 25.1 Å². The summed E-state index contributed by atoms with van der Waals surface area (Å²) in [5.41, 5.74) is 3.87. The van der Waals surface area contributed by atoms with Crippen LogP contribution in [0.3, 0.4) is 0 Å². The van der Waals surface area contributed by atoms with Crippen molar-refractivity contribution in [1.29, 1.82) is 0 Å². The Labute approximate surface area is 144 Å². The van der Waals surface area contributed by atoms with Crippen LogP contribution in [0.1, 0.15) is 37.0 Å². The topological polar surface area (TPSA) is 29.5 Å². The molecule has 0 N–H and O–H groups in total. The van der Waals surface area contributed by atoms with Crippen LogP contribution in [-0.4, -0.2) is 23.5 Å². The summed E-state index contributed by atoms with van der Waals surface area (Å²) in [6.45, 7) is 5.58. The normalized spacial score (nSPS) is 14.8. The molecule has 3 rings (SSSR count). The molecule has 0 aliphatic carbocycles. The van der Waals surface area contributed by atoms with E-state index in [0.29, 0.717) is 13.0 Å². The van der Waals surface area contributed by atoms with E-state index in [-0.39, 0.29) is 5.91 Å². The van der Waals surface area contributed by atoms with Gasteiger partial charge < -0.3 is 9.64 Å². The number of amides is 1. The third-order valence-electron chi connectivity index (χ3n) is 4.70. The highest BCUT2D eigenvalue weighted by molar-refractivity contribution is 5.81. The van der Waals surface area contributed by atoms with Crippen molar-refractivity contribution in [2.24, 2.45) is 0 Å². The second kappa shape index (κ2) is 7.52. The summed E-state index contributed by atoms with van der Waals surface area (Å²) in [5.74, 6) is 0.858. The molecular formula is C21H25NO2. The standard InChI is InChI=1S/C21H25NO2/c1-3-16-9-11-19(12-10-16)24-20(4-2)21(23)22-14-13-17-7-5-6-8-18(17)15-22/h5-12,20H,3-4,13-15H2,1-2H3. The number of nitrogens with zero attached hydrogens (tertiary/aromatic N) is 1. The van der Waals surface area contributed by atoms with Gasteiger partial charge in [0.2, 0.25) is 0 Å². The van der Waals surface area contributed by atoms with Crippen LogP contribution in [0.5, 0.6) is 5.75 Å². The summed E-state index contributed by atoms with van der Waals surface area (Å²) < 4.78 is 5.97. The second-order valence-electron chi connectivity index (χ2n) is 6.29. The van der Waals surface area contributed by atoms with Crippen molar-refractivity contribution < 1.29 is 9.53 Å². The minimum absolute atomic E-state index is 0.0894. The Morgan fingerprint density at radius 1 is 1.08 bits per heavy atom. The van der Waals surface area contributed by atoms with Crippen molar-refractivity contribution in [3.63, 3.8) is 0 Å². The molecule has 3 nitrogen and oxygen atoms in total. The molecule has 0 spiro atoms. The first-order chi connectivity index (χ1) is 11.7. The lowest BCUT2D eigenvalue weighted by molar-refractivity contribution is -0.139. The maximum Gasteiger partial charge on any atom is 0.263 e. The Kier molecular flexibility index (Phi) is 5.19. The van der Waals surface area contributed by atoms with Gasteiger partial charge in [0.15, 0.2) is 6.10 Å². The van der Waals surface area contributed by atoms with Crippen molar-refractivity contribution in [2.45, 2.75) is 45.8 Å². The fourth-order valence-electron chi connectivity index (χ4n) is 3.16. The molecule has 2 aromatic rings. The first-order valence-corrected chi connectivity index (χ1v) is 8.82. The largest absolute Gasteiger partial charge is 0.481 e. The molecule has 2 aromatic carbocycles. The predicted molar refractivity (Wildman–Crippen MR) is 96.1 cm³/mol. The van der Waals surface area contributed by atoms with Gasteiger partial charge in [-0.1, -0.05) is 50.2 Å². The van der Waals surface area contributed by atoms with Gasteiger partial charge in [-0.25, -0.2) is 0 Å². The zero-order valence-corrected chi connectivity index (χ0v) is 14.5. The Morgan fingerprint density at radius 2 is 1.79 bits per heavy atom. The van der Waals surface area contributed by atoms with E-state index in [1.807, 2.05) is 30.0 Å². The molecule has 0 fully saturated rings. The number of carbonyl (C=O) groups excluding carboxylic acids is 1. The highest BCUT2D eigenvalue weighted by atomic mass is 16.5. The summed E-state index contributed by atoms with van der Waals surface area (Å²) >= 11 is 0. The molecule has 1 unspecified atom stereocenters. The van der Waals surface area contributed by atoms with Gasteiger partial charge in [0.25, 0.3) is 5.91 Å². The smallest absolute Gasteiger partial charge is 0.263 e. The third kappa shape index (κ3) is 3.61. The van der Waals surface area contributed by atoms with Gasteiger partial charge >= 0.3 is 0 Å². The Hall–Kier alpha value is -2.29. The number of carbonyl (C=O) groups is 1. The molecule has 1 aliphatic heterocycles. The number of rotatable bonds is 5. The molecule has 0 aromatic heterocycles. The van der Waals surface area contributed by atoms with E-state index in [2.05, 4.69) is 37.3 Å². The first kappa shape index (κ1) is 16.6. The van der Waals surface area contributed by atoms with Crippen LogP contribution in [0.2, 0.25) is 0 Å². The average Bonchev–Trinajstić information content (AvgIpc) is 2.65. The van der Waals surface area contributed by atoms with Crippen molar-refractivity contribution in [1.82, 2.24) is 4.90 Å². The lowest BCUT2D eigenvalue weighted by Crippen LogP contribution is -2.44. The van der Waals surface area contributed by atoms with Crippen molar-refractivity contribution in [3.8, 4) is 5.75 Å². The van der Waals surface area contributed by atoms with Gasteiger partial charge in [0, 0.05) is 13.1 Å². The van der Waals surface area contributed by atoms with Gasteiger partial charge in [-0.15, -0.1) is 0 Å². The summed E-state index contributed by atoms with van der Waals surface area (Å²) in [6.07, 6.45) is 2.18. The van der Waals surface area contributed by atoms with E-state index in [4.69, 9.17) is 4.74 Å². The zero-order valence-electron chi connectivity index (χ0n) is 14.5. The molecule has 1 atom stereocenters. The summed E-state index contributed by atoms with van der Waals surface area (Å²) in [5, 5.41) is 0. The summed E-state index contributed by atoms with van der Waals surface area (Å²) in [7, 11) is 0. The van der Waals surface area contributed by atoms with Gasteiger partial charge in [-0.05, 0) is 48.1 Å². The summed E-state index contributed by atoms with van der Waals surface area (Å²) in [6, 6.07) is 16.4. The molecule has 0 saturated carbocycles. The number of hydrogen-bond acceptors (Lipinski definition) is 2. The molecule has 3 heteroatoms. The molecule has 0 saturated heterocycles. The number of hydrogen-bond donors (Lipinski definition) is 0. The molecule has 1 heterocycles. The van der Waals surface area contributed by atoms with E-state index in [9.17, 15) is 4.79 Å². The van der Waals surface area contributed by atoms with E-state index < -0.39 is 6.10 Å². The number of ether oxygens (including phenoxy) is 1. The molecule has 0 bridgehead atoms. The predicted octanol–water partition coefficient (Wildman–Crippen LogP) is 3.99. The molecule has 24 heavy (non-hydrogen) atoms. The average molecular weight is 323 g/mol. The van der Waals surface area contributed by atoms with Gasteiger partial charge in [0.05, 0.1) is 0 Å². The van der Waals surface area contributed by atoms with Crippen LogP contribution in [-0.2, 0) is 24.2 Å². The van der Waals surface area contributed by atoms with Crippen LogP contribution in [0.15, 0.2) is 48.5 Å². The van der Waals surface area contributed by atoms with Crippen LogP contribution in [0, 0.1) is 0 Å². The Balaban J connectivity index is 1.68. The van der Waals surface area contributed by atoms with Crippen LogP contribution < -0.4 is 4.74 Å². The minimum Gasteiger partial charge on any atom is -0.481 e. The van der Waals surface area contributed by atoms with E-state index in [1.54, 1.807) is 0 Å². The third-order valence-corrected chi connectivity index (χ3v) is 4.70. The zero-order chi connectivity index (χ0) is 16.9. The maximum atomic E-state index is 12.9. The molecule has 1 aliphatic rings. The Bertz CT molecular complexity index is 693. The number of fused-ring (bicyclic) bond motifs is 1. The lowest BCUT2D eigenvalue weighted by Gasteiger charge is -2.31. The molecule has 1 amide bonds. The highest BCUT2D eigenvalue weighted by Gasteiger charge is 2.27. The lowest BCUT2D eigenvalue weighted by atomic mass is 9.99. The second-order valence-corrected chi connectivity index (χ2v) is 6.29. The number of aryl methyl sites for hydroxylation is 1. The van der Waals surface area contributed by atoms with Gasteiger partial charge in [0.1, 0.15) is 5.75 Å². The summed E-state index contributed by atoms with van der Waals surface area (Å²) in [4.78, 5) is 14.8. The highest BCUT2D eigenvalue weighted by Crippen LogP contribution is 2.21. The monoisotopic (exact) mass is 323 g/mol. The van der Waals surface area contributed by atoms with Crippen molar-refractivity contribution in [2.75, 3.05) is 6.54 Å². The van der Waals surface area contributed by atoms with E-state index >= 15 is 0 Å². The van der Waals surface area contributed by atoms with Crippen LogP contribution in [0.4, 0.5) is 0 Å². The quantitative estimate of drug-likeness (QED) is 0.832. The van der Waals surface area contributed by atoms with Gasteiger partial charge in [-0.3, -0.25) is 4.79 Å². The van der Waals surface area contributed by atoms with Crippen LogP contribution >= 0.6 is 0 Å². The molecular weight excluding hydrogens is 298 g/mol. The SMILES string of the molecule is CCc1ccc(OC(CC)C(=O)N2CCc3ccccc3C2)cc1. The van der Waals surface area contributed by atoms with Crippen molar-refractivity contribution in [3.05, 3.63) is 65.2 Å². The number of benzene rings is 2. The first-order valence-electron chi connectivity index (χ1n) is 8.82. The van der Waals surface area contributed by atoms with Crippen molar-refractivity contribution >= 4 is 5.91 Å². The molecule has 0 radical (unpaired) electrons. The fourth-order valence-corrected chi connectivity index (χ4v) is 3.16.